The quantitative estimate of drug-likeness (QED) is 0.840. The highest BCUT2D eigenvalue weighted by atomic mass is 35.5. The normalized spacial score (nSPS) is 16.4. The van der Waals surface area contributed by atoms with Crippen molar-refractivity contribution < 1.29 is 4.42 Å². The van der Waals surface area contributed by atoms with Crippen LogP contribution in [0, 0.1) is 0 Å². The van der Waals surface area contributed by atoms with Gasteiger partial charge in [-0.15, -0.1) is 12.4 Å². The van der Waals surface area contributed by atoms with Crippen LogP contribution in [-0.2, 0) is 0 Å². The highest BCUT2D eigenvalue weighted by Gasteiger charge is 2.23. The zero-order valence-electron chi connectivity index (χ0n) is 12.2. The van der Waals surface area contributed by atoms with Gasteiger partial charge >= 0.3 is 0 Å². The van der Waals surface area contributed by atoms with Crippen LogP contribution in [0.3, 0.4) is 0 Å². The van der Waals surface area contributed by atoms with Gasteiger partial charge in [-0.1, -0.05) is 12.1 Å². The number of allylic oxidation sites excluding steroid dienone is 1. The van der Waals surface area contributed by atoms with E-state index in [0.717, 1.165) is 29.3 Å². The summed E-state index contributed by atoms with van der Waals surface area (Å²) < 4.78 is 5.32. The van der Waals surface area contributed by atoms with Gasteiger partial charge in [0.2, 0.25) is 0 Å². The number of benzene rings is 1. The van der Waals surface area contributed by atoms with Gasteiger partial charge in [-0.05, 0) is 50.3 Å². The molecule has 0 unspecified atom stereocenters. The average Bonchev–Trinajstić information content (AvgIpc) is 2.86. The largest absolute Gasteiger partial charge is 0.465 e. The molecule has 0 radical (unpaired) electrons. The SMILES string of the molecule is CC1(C)CC(/C=C/c2ccco2)=Nc2ccccc2N1.Cl. The third-order valence-electron chi connectivity index (χ3n) is 3.25. The van der Waals surface area contributed by atoms with E-state index in [2.05, 4.69) is 25.2 Å². The number of hydrogen-bond acceptors (Lipinski definition) is 3. The zero-order chi connectivity index (χ0) is 14.0. The second-order valence-corrected chi connectivity index (χ2v) is 5.65. The number of para-hydroxylation sites is 2. The zero-order valence-corrected chi connectivity index (χ0v) is 13.0. The van der Waals surface area contributed by atoms with E-state index in [9.17, 15) is 0 Å². The molecule has 0 aliphatic carbocycles. The predicted octanol–water partition coefficient (Wildman–Crippen LogP) is 5.08. The Kier molecular flexibility index (Phi) is 4.53. The van der Waals surface area contributed by atoms with Crippen LogP contribution in [0.4, 0.5) is 11.4 Å². The van der Waals surface area contributed by atoms with Gasteiger partial charge < -0.3 is 9.73 Å². The van der Waals surface area contributed by atoms with Gasteiger partial charge in [0, 0.05) is 17.7 Å². The fourth-order valence-corrected chi connectivity index (χ4v) is 2.39. The van der Waals surface area contributed by atoms with Gasteiger partial charge in [0.15, 0.2) is 0 Å². The summed E-state index contributed by atoms with van der Waals surface area (Å²) in [7, 11) is 0. The maximum absolute atomic E-state index is 5.32. The molecule has 1 aromatic carbocycles. The number of fused-ring (bicyclic) bond motifs is 1. The molecule has 21 heavy (non-hydrogen) atoms. The molecule has 0 spiro atoms. The van der Waals surface area contributed by atoms with E-state index in [-0.39, 0.29) is 17.9 Å². The summed E-state index contributed by atoms with van der Waals surface area (Å²) in [4.78, 5) is 4.76. The highest BCUT2D eigenvalue weighted by Crippen LogP contribution is 2.32. The van der Waals surface area contributed by atoms with Crippen LogP contribution >= 0.6 is 12.4 Å². The summed E-state index contributed by atoms with van der Waals surface area (Å²) in [5.41, 5.74) is 3.08. The van der Waals surface area contributed by atoms with Crippen LogP contribution in [0.25, 0.3) is 6.08 Å². The molecule has 0 bridgehead atoms. The fraction of sp³-hybridized carbons (Fsp3) is 0.235. The molecular weight excluding hydrogens is 284 g/mol. The minimum atomic E-state index is -0.0288. The second kappa shape index (κ2) is 6.19. The van der Waals surface area contributed by atoms with Crippen molar-refractivity contribution in [3.8, 4) is 0 Å². The van der Waals surface area contributed by atoms with E-state index >= 15 is 0 Å². The first-order valence-electron chi connectivity index (χ1n) is 6.79. The Morgan fingerprint density at radius 1 is 1.14 bits per heavy atom. The molecule has 0 amide bonds. The number of aliphatic imine (C=N–C) groups is 1. The van der Waals surface area contributed by atoms with E-state index in [1.165, 1.54) is 0 Å². The van der Waals surface area contributed by atoms with E-state index in [0.29, 0.717) is 0 Å². The van der Waals surface area contributed by atoms with Gasteiger partial charge in [0.25, 0.3) is 0 Å². The number of hydrogen-bond donors (Lipinski definition) is 1. The molecule has 2 aromatic rings. The summed E-state index contributed by atoms with van der Waals surface area (Å²) >= 11 is 0. The molecule has 0 atom stereocenters. The van der Waals surface area contributed by atoms with Crippen LogP contribution in [0.1, 0.15) is 26.0 Å². The van der Waals surface area contributed by atoms with Crippen molar-refractivity contribution in [2.24, 2.45) is 4.99 Å². The van der Waals surface area contributed by atoms with Crippen LogP contribution in [0.2, 0.25) is 0 Å². The fourth-order valence-electron chi connectivity index (χ4n) is 2.39. The first-order chi connectivity index (χ1) is 9.62. The predicted molar refractivity (Wildman–Crippen MR) is 90.8 cm³/mol. The lowest BCUT2D eigenvalue weighted by molar-refractivity contribution is 0.557. The van der Waals surface area contributed by atoms with Gasteiger partial charge in [-0.25, -0.2) is 0 Å². The molecule has 4 heteroatoms. The standard InChI is InChI=1S/C17H18N2O.ClH/c1-17(2)12-13(9-10-14-6-5-11-20-14)18-15-7-3-4-8-16(15)19-17;/h3-11,19H,12H2,1-2H3;1H/b10-9+;. The first kappa shape index (κ1) is 15.4. The van der Waals surface area contributed by atoms with Gasteiger partial charge in [-0.3, -0.25) is 4.99 Å². The van der Waals surface area contributed by atoms with Crippen LogP contribution < -0.4 is 5.32 Å². The topological polar surface area (TPSA) is 37.5 Å². The summed E-state index contributed by atoms with van der Waals surface area (Å²) in [6.45, 7) is 4.37. The number of nitrogens with zero attached hydrogens (tertiary/aromatic N) is 1. The maximum Gasteiger partial charge on any atom is 0.126 e. The van der Waals surface area contributed by atoms with Gasteiger partial charge in [0.1, 0.15) is 5.76 Å². The van der Waals surface area contributed by atoms with Crippen molar-refractivity contribution >= 4 is 35.6 Å². The minimum absolute atomic E-state index is 0. The van der Waals surface area contributed by atoms with E-state index in [1.807, 2.05) is 42.5 Å². The number of furan rings is 1. The first-order valence-corrected chi connectivity index (χ1v) is 6.79. The Hall–Kier alpha value is -2.00. The number of anilines is 1. The molecule has 1 N–H and O–H groups in total. The Labute approximate surface area is 131 Å². The molecule has 2 heterocycles. The van der Waals surface area contributed by atoms with Crippen molar-refractivity contribution in [3.63, 3.8) is 0 Å². The number of rotatable bonds is 2. The molecule has 0 saturated heterocycles. The lowest BCUT2D eigenvalue weighted by atomic mass is 9.97. The van der Waals surface area contributed by atoms with Crippen LogP contribution in [-0.4, -0.2) is 11.3 Å². The third-order valence-corrected chi connectivity index (χ3v) is 3.25. The van der Waals surface area contributed by atoms with E-state index < -0.39 is 0 Å². The van der Waals surface area contributed by atoms with Crippen molar-refractivity contribution in [1.29, 1.82) is 0 Å². The van der Waals surface area contributed by atoms with Gasteiger partial charge in [-0.2, -0.15) is 0 Å². The lowest BCUT2D eigenvalue weighted by Gasteiger charge is -2.25. The van der Waals surface area contributed by atoms with Gasteiger partial charge in [0.05, 0.1) is 17.6 Å². The van der Waals surface area contributed by atoms with Crippen molar-refractivity contribution in [2.75, 3.05) is 5.32 Å². The monoisotopic (exact) mass is 302 g/mol. The highest BCUT2D eigenvalue weighted by molar-refractivity contribution is 6.02. The van der Waals surface area contributed by atoms with E-state index in [1.54, 1.807) is 6.26 Å². The molecule has 3 nitrogen and oxygen atoms in total. The molecule has 0 saturated carbocycles. The van der Waals surface area contributed by atoms with Crippen LogP contribution in [0.5, 0.6) is 0 Å². The smallest absolute Gasteiger partial charge is 0.126 e. The Bertz CT molecular complexity index is 657. The molecule has 3 rings (SSSR count). The summed E-state index contributed by atoms with van der Waals surface area (Å²) in [6, 6.07) is 12.0. The minimum Gasteiger partial charge on any atom is -0.465 e. The van der Waals surface area contributed by atoms with E-state index in [4.69, 9.17) is 9.41 Å². The Morgan fingerprint density at radius 2 is 1.95 bits per heavy atom. The Morgan fingerprint density at radius 3 is 2.71 bits per heavy atom. The Balaban J connectivity index is 0.00000161. The molecule has 1 aromatic heterocycles. The van der Waals surface area contributed by atoms with Crippen molar-refractivity contribution in [1.82, 2.24) is 0 Å². The van der Waals surface area contributed by atoms with Crippen LogP contribution in [0.15, 0.2) is 58.1 Å². The average molecular weight is 303 g/mol. The molecule has 1 aliphatic rings. The molecule has 0 fully saturated rings. The van der Waals surface area contributed by atoms with Crippen molar-refractivity contribution in [2.45, 2.75) is 25.8 Å². The maximum atomic E-state index is 5.32. The third kappa shape index (κ3) is 3.76. The lowest BCUT2D eigenvalue weighted by Crippen LogP contribution is -2.32. The molecule has 1 aliphatic heterocycles. The number of halogens is 1. The number of nitrogens with one attached hydrogen (secondary N) is 1. The summed E-state index contributed by atoms with van der Waals surface area (Å²) in [6.07, 6.45) is 6.53. The summed E-state index contributed by atoms with van der Waals surface area (Å²) in [5.74, 6) is 0.844. The second-order valence-electron chi connectivity index (χ2n) is 5.65. The van der Waals surface area contributed by atoms with Crippen molar-refractivity contribution in [3.05, 3.63) is 54.5 Å². The molecule has 110 valence electrons. The summed E-state index contributed by atoms with van der Waals surface area (Å²) in [5, 5.41) is 3.55. The molecular formula is C17H19ClN2O.